The van der Waals surface area contributed by atoms with Gasteiger partial charge in [0.15, 0.2) is 0 Å². The van der Waals surface area contributed by atoms with Crippen LogP contribution in [0, 0.1) is 18.3 Å². The average Bonchev–Trinajstić information content (AvgIpc) is 2.37. The number of aryl methyl sites for hydroxylation is 1. The Balaban J connectivity index is 2.34. The highest BCUT2D eigenvalue weighted by Crippen LogP contribution is 2.13. The number of nitrogens with one attached hydrogen (secondary N) is 1. The van der Waals surface area contributed by atoms with E-state index in [-0.39, 0.29) is 0 Å². The summed E-state index contributed by atoms with van der Waals surface area (Å²) in [6.07, 6.45) is 0. The third-order valence-electron chi connectivity index (χ3n) is 1.30. The van der Waals surface area contributed by atoms with Crippen molar-refractivity contribution in [1.29, 1.82) is 5.26 Å². The number of nitrogens with zero attached hydrogens (tertiary/aromatic N) is 1. The SMILES string of the molecule is Cc1ccc(CNCC#N)s1. The number of nitriles is 1. The molecule has 1 heterocycles. The molecule has 0 amide bonds. The predicted octanol–water partition coefficient (Wildman–Crippen LogP) is 1.67. The standard InChI is InChI=1S/C8H10N2S/c1-7-2-3-8(11-7)6-10-5-4-9/h2-3,10H,5-6H2,1H3. The second-order valence-corrected chi connectivity index (χ2v) is 3.65. The van der Waals surface area contributed by atoms with Crippen molar-refractivity contribution >= 4 is 11.3 Å². The van der Waals surface area contributed by atoms with Crippen molar-refractivity contribution in [3.05, 3.63) is 21.9 Å². The molecule has 58 valence electrons. The van der Waals surface area contributed by atoms with Crippen molar-refractivity contribution in [2.75, 3.05) is 6.54 Å². The average molecular weight is 166 g/mol. The molecular weight excluding hydrogens is 156 g/mol. The maximum absolute atomic E-state index is 8.24. The number of thiophene rings is 1. The zero-order valence-corrected chi connectivity index (χ0v) is 7.24. The fraction of sp³-hybridized carbons (Fsp3) is 0.375. The lowest BCUT2D eigenvalue weighted by atomic mass is 10.4. The Hall–Kier alpha value is -0.850. The van der Waals surface area contributed by atoms with E-state index in [4.69, 9.17) is 5.26 Å². The lowest BCUT2D eigenvalue weighted by molar-refractivity contribution is 0.776. The van der Waals surface area contributed by atoms with Gasteiger partial charge in [-0.1, -0.05) is 0 Å². The van der Waals surface area contributed by atoms with Crippen LogP contribution in [0.3, 0.4) is 0 Å². The number of hydrogen-bond donors (Lipinski definition) is 1. The normalized spacial score (nSPS) is 9.45. The smallest absolute Gasteiger partial charge is 0.0843 e. The van der Waals surface area contributed by atoms with Gasteiger partial charge in [-0.2, -0.15) is 5.26 Å². The van der Waals surface area contributed by atoms with E-state index in [1.807, 2.05) is 6.07 Å². The summed E-state index contributed by atoms with van der Waals surface area (Å²) in [5.74, 6) is 0. The van der Waals surface area contributed by atoms with Gasteiger partial charge in [0.1, 0.15) is 0 Å². The summed E-state index contributed by atoms with van der Waals surface area (Å²) in [6, 6.07) is 6.22. The van der Waals surface area contributed by atoms with Gasteiger partial charge < -0.3 is 0 Å². The van der Waals surface area contributed by atoms with Gasteiger partial charge in [0, 0.05) is 16.3 Å². The van der Waals surface area contributed by atoms with E-state index in [9.17, 15) is 0 Å². The van der Waals surface area contributed by atoms with Gasteiger partial charge >= 0.3 is 0 Å². The fourth-order valence-corrected chi connectivity index (χ4v) is 1.68. The minimum Gasteiger partial charge on any atom is -0.300 e. The number of hydrogen-bond acceptors (Lipinski definition) is 3. The highest BCUT2D eigenvalue weighted by molar-refractivity contribution is 7.11. The first-order valence-corrected chi connectivity index (χ1v) is 4.27. The van der Waals surface area contributed by atoms with Gasteiger partial charge in [-0.15, -0.1) is 11.3 Å². The highest BCUT2D eigenvalue weighted by Gasteiger charge is 1.93. The molecule has 0 saturated carbocycles. The minimum absolute atomic E-state index is 0.428. The predicted molar refractivity (Wildman–Crippen MR) is 46.4 cm³/mol. The zero-order valence-electron chi connectivity index (χ0n) is 6.42. The molecule has 0 radical (unpaired) electrons. The topological polar surface area (TPSA) is 35.8 Å². The lowest BCUT2D eigenvalue weighted by Crippen LogP contribution is -2.11. The third-order valence-corrected chi connectivity index (χ3v) is 2.30. The fourth-order valence-electron chi connectivity index (χ4n) is 0.822. The summed E-state index contributed by atoms with van der Waals surface area (Å²) >= 11 is 1.77. The Labute approximate surface area is 70.5 Å². The van der Waals surface area contributed by atoms with Crippen molar-refractivity contribution in [3.8, 4) is 6.07 Å². The molecule has 0 saturated heterocycles. The van der Waals surface area contributed by atoms with Crippen LogP contribution >= 0.6 is 11.3 Å². The first-order chi connectivity index (χ1) is 5.33. The third kappa shape index (κ3) is 2.71. The molecule has 0 aromatic carbocycles. The molecule has 1 N–H and O–H groups in total. The van der Waals surface area contributed by atoms with Gasteiger partial charge in [-0.3, -0.25) is 5.32 Å². The monoisotopic (exact) mass is 166 g/mol. The van der Waals surface area contributed by atoms with Crippen molar-refractivity contribution in [1.82, 2.24) is 5.32 Å². The molecule has 0 unspecified atom stereocenters. The van der Waals surface area contributed by atoms with Gasteiger partial charge in [0.2, 0.25) is 0 Å². The Morgan fingerprint density at radius 2 is 2.45 bits per heavy atom. The Bertz CT molecular complexity index is 259. The molecule has 11 heavy (non-hydrogen) atoms. The van der Waals surface area contributed by atoms with Crippen LogP contribution in [0.1, 0.15) is 9.75 Å². The van der Waals surface area contributed by atoms with E-state index >= 15 is 0 Å². The van der Waals surface area contributed by atoms with Crippen LogP contribution in [0.4, 0.5) is 0 Å². The van der Waals surface area contributed by atoms with E-state index in [0.717, 1.165) is 6.54 Å². The molecule has 1 aromatic heterocycles. The Morgan fingerprint density at radius 1 is 1.64 bits per heavy atom. The summed E-state index contributed by atoms with van der Waals surface area (Å²) in [5, 5.41) is 11.3. The summed E-state index contributed by atoms with van der Waals surface area (Å²) in [4.78, 5) is 2.61. The molecule has 3 heteroatoms. The van der Waals surface area contributed by atoms with E-state index < -0.39 is 0 Å². The molecule has 0 bridgehead atoms. The molecular formula is C8H10N2S. The lowest BCUT2D eigenvalue weighted by Gasteiger charge is -1.93. The van der Waals surface area contributed by atoms with Crippen molar-refractivity contribution in [3.63, 3.8) is 0 Å². The molecule has 1 aromatic rings. The second kappa shape index (κ2) is 4.12. The van der Waals surface area contributed by atoms with E-state index in [1.54, 1.807) is 11.3 Å². The number of rotatable bonds is 3. The van der Waals surface area contributed by atoms with Crippen molar-refractivity contribution < 1.29 is 0 Å². The summed E-state index contributed by atoms with van der Waals surface area (Å²) in [6.45, 7) is 3.32. The summed E-state index contributed by atoms with van der Waals surface area (Å²) < 4.78 is 0. The second-order valence-electron chi connectivity index (χ2n) is 2.27. The molecule has 0 aliphatic rings. The van der Waals surface area contributed by atoms with Gasteiger partial charge in [0.05, 0.1) is 12.6 Å². The first kappa shape index (κ1) is 8.25. The van der Waals surface area contributed by atoms with Crippen LogP contribution in [0.2, 0.25) is 0 Å². The van der Waals surface area contributed by atoms with Crippen LogP contribution in [0.25, 0.3) is 0 Å². The van der Waals surface area contributed by atoms with Gasteiger partial charge in [-0.25, -0.2) is 0 Å². The van der Waals surface area contributed by atoms with Crippen molar-refractivity contribution in [2.24, 2.45) is 0 Å². The largest absolute Gasteiger partial charge is 0.300 e. The van der Waals surface area contributed by atoms with E-state index in [2.05, 4.69) is 24.4 Å². The van der Waals surface area contributed by atoms with E-state index in [0.29, 0.717) is 6.54 Å². The minimum atomic E-state index is 0.428. The molecule has 0 aliphatic heterocycles. The molecule has 0 atom stereocenters. The Morgan fingerprint density at radius 3 is 3.00 bits per heavy atom. The maximum Gasteiger partial charge on any atom is 0.0843 e. The van der Waals surface area contributed by atoms with Crippen LogP contribution in [-0.4, -0.2) is 6.54 Å². The maximum atomic E-state index is 8.24. The van der Waals surface area contributed by atoms with Gasteiger partial charge in [-0.05, 0) is 19.1 Å². The van der Waals surface area contributed by atoms with Gasteiger partial charge in [0.25, 0.3) is 0 Å². The zero-order chi connectivity index (χ0) is 8.10. The first-order valence-electron chi connectivity index (χ1n) is 3.46. The molecule has 0 fully saturated rings. The van der Waals surface area contributed by atoms with Crippen LogP contribution in [-0.2, 0) is 6.54 Å². The molecule has 1 rings (SSSR count). The Kier molecular flexibility index (Phi) is 3.09. The quantitative estimate of drug-likeness (QED) is 0.547. The van der Waals surface area contributed by atoms with Crippen molar-refractivity contribution in [2.45, 2.75) is 13.5 Å². The van der Waals surface area contributed by atoms with E-state index in [1.165, 1.54) is 9.75 Å². The molecule has 0 spiro atoms. The molecule has 0 aliphatic carbocycles. The van der Waals surface area contributed by atoms with Crippen LogP contribution in [0.5, 0.6) is 0 Å². The van der Waals surface area contributed by atoms with Crippen LogP contribution < -0.4 is 5.32 Å². The summed E-state index contributed by atoms with van der Waals surface area (Å²) in [5.41, 5.74) is 0. The summed E-state index contributed by atoms with van der Waals surface area (Å²) in [7, 11) is 0. The van der Waals surface area contributed by atoms with Crippen LogP contribution in [0.15, 0.2) is 12.1 Å². The highest BCUT2D eigenvalue weighted by atomic mass is 32.1. The molecule has 2 nitrogen and oxygen atoms in total.